The standard InChI is InChI=1S/C15H18N2OS/c1-2-9-17(14-8-4-3-7-13(14)16)15(18)11-12-6-5-10-19-12/h3-8,10H,2,9,11,16H2,1H3. The van der Waals surface area contributed by atoms with Gasteiger partial charge in [0, 0.05) is 11.4 Å². The molecule has 0 aliphatic carbocycles. The monoisotopic (exact) mass is 274 g/mol. The van der Waals surface area contributed by atoms with Gasteiger partial charge in [0.25, 0.3) is 0 Å². The third kappa shape index (κ3) is 3.35. The minimum Gasteiger partial charge on any atom is -0.397 e. The third-order valence-electron chi connectivity index (χ3n) is 2.88. The van der Waals surface area contributed by atoms with Gasteiger partial charge in [-0.2, -0.15) is 0 Å². The number of hydrogen-bond donors (Lipinski definition) is 1. The lowest BCUT2D eigenvalue weighted by molar-refractivity contribution is -0.117. The van der Waals surface area contributed by atoms with Crippen molar-refractivity contribution in [2.75, 3.05) is 17.2 Å². The summed E-state index contributed by atoms with van der Waals surface area (Å²) in [6, 6.07) is 11.5. The number of anilines is 2. The molecule has 0 bridgehead atoms. The van der Waals surface area contributed by atoms with Crippen LogP contribution in [0.4, 0.5) is 11.4 Å². The number of rotatable bonds is 5. The molecule has 2 rings (SSSR count). The second kappa shape index (κ2) is 6.38. The Bertz CT molecular complexity index is 537. The first-order valence-electron chi connectivity index (χ1n) is 6.39. The minimum absolute atomic E-state index is 0.0993. The molecule has 0 saturated carbocycles. The van der Waals surface area contributed by atoms with Crippen LogP contribution in [0.15, 0.2) is 41.8 Å². The molecule has 3 nitrogen and oxygen atoms in total. The predicted molar refractivity (Wildman–Crippen MR) is 81.5 cm³/mol. The summed E-state index contributed by atoms with van der Waals surface area (Å²) in [5.74, 6) is 0.0993. The zero-order valence-electron chi connectivity index (χ0n) is 11.0. The second-order valence-electron chi connectivity index (χ2n) is 4.36. The van der Waals surface area contributed by atoms with Crippen molar-refractivity contribution >= 4 is 28.6 Å². The van der Waals surface area contributed by atoms with Crippen LogP contribution in [0.5, 0.6) is 0 Å². The van der Waals surface area contributed by atoms with E-state index < -0.39 is 0 Å². The predicted octanol–water partition coefficient (Wildman–Crippen LogP) is 3.32. The summed E-state index contributed by atoms with van der Waals surface area (Å²) in [5.41, 5.74) is 7.43. The SMILES string of the molecule is CCCN(C(=O)Cc1cccs1)c1ccccc1N. The molecule has 1 aromatic carbocycles. The van der Waals surface area contributed by atoms with E-state index in [9.17, 15) is 4.79 Å². The van der Waals surface area contributed by atoms with Crippen LogP contribution in [-0.4, -0.2) is 12.5 Å². The summed E-state index contributed by atoms with van der Waals surface area (Å²) in [5, 5.41) is 1.99. The van der Waals surface area contributed by atoms with Gasteiger partial charge < -0.3 is 10.6 Å². The van der Waals surface area contributed by atoms with Gasteiger partial charge in [0.05, 0.1) is 17.8 Å². The molecule has 4 heteroatoms. The topological polar surface area (TPSA) is 46.3 Å². The Hall–Kier alpha value is -1.81. The average molecular weight is 274 g/mol. The fraction of sp³-hybridized carbons (Fsp3) is 0.267. The minimum atomic E-state index is 0.0993. The van der Waals surface area contributed by atoms with Crippen molar-refractivity contribution < 1.29 is 4.79 Å². The van der Waals surface area contributed by atoms with E-state index in [-0.39, 0.29) is 5.91 Å². The van der Waals surface area contributed by atoms with Gasteiger partial charge in [-0.05, 0) is 30.0 Å². The molecule has 2 N–H and O–H groups in total. The molecule has 1 aromatic heterocycles. The summed E-state index contributed by atoms with van der Waals surface area (Å²) < 4.78 is 0. The van der Waals surface area contributed by atoms with Crippen molar-refractivity contribution in [1.82, 2.24) is 0 Å². The van der Waals surface area contributed by atoms with Crippen molar-refractivity contribution in [3.05, 3.63) is 46.7 Å². The van der Waals surface area contributed by atoms with E-state index >= 15 is 0 Å². The molecule has 100 valence electrons. The molecule has 0 aliphatic heterocycles. The van der Waals surface area contributed by atoms with E-state index in [0.29, 0.717) is 18.7 Å². The van der Waals surface area contributed by atoms with E-state index in [2.05, 4.69) is 6.92 Å². The Kier molecular flexibility index (Phi) is 4.58. The van der Waals surface area contributed by atoms with Gasteiger partial charge >= 0.3 is 0 Å². The summed E-state index contributed by atoms with van der Waals surface area (Å²) >= 11 is 1.61. The molecular formula is C15H18N2OS. The van der Waals surface area contributed by atoms with Gasteiger partial charge in [-0.15, -0.1) is 11.3 Å². The van der Waals surface area contributed by atoms with Crippen molar-refractivity contribution in [1.29, 1.82) is 0 Å². The lowest BCUT2D eigenvalue weighted by atomic mass is 10.2. The van der Waals surface area contributed by atoms with Crippen molar-refractivity contribution in [3.8, 4) is 0 Å². The van der Waals surface area contributed by atoms with Crippen molar-refractivity contribution in [2.45, 2.75) is 19.8 Å². The quantitative estimate of drug-likeness (QED) is 0.850. The first kappa shape index (κ1) is 13.6. The number of nitrogens with two attached hydrogens (primary N) is 1. The highest BCUT2D eigenvalue weighted by Gasteiger charge is 2.17. The van der Waals surface area contributed by atoms with Crippen molar-refractivity contribution in [2.24, 2.45) is 0 Å². The smallest absolute Gasteiger partial charge is 0.232 e. The van der Waals surface area contributed by atoms with Crippen molar-refractivity contribution in [3.63, 3.8) is 0 Å². The maximum atomic E-state index is 12.4. The Morgan fingerprint density at radius 3 is 2.68 bits per heavy atom. The molecule has 1 amide bonds. The van der Waals surface area contributed by atoms with E-state index in [1.54, 1.807) is 16.2 Å². The molecular weight excluding hydrogens is 256 g/mol. The van der Waals surface area contributed by atoms with E-state index in [1.165, 1.54) is 0 Å². The van der Waals surface area contributed by atoms with Crippen LogP contribution in [0.2, 0.25) is 0 Å². The molecule has 19 heavy (non-hydrogen) atoms. The van der Waals surface area contributed by atoms with Crippen LogP contribution >= 0.6 is 11.3 Å². The van der Waals surface area contributed by atoms with Gasteiger partial charge in [0.2, 0.25) is 5.91 Å². The number of carbonyl (C=O) groups excluding carboxylic acids is 1. The molecule has 0 radical (unpaired) electrons. The molecule has 0 fully saturated rings. The molecule has 1 heterocycles. The summed E-state index contributed by atoms with van der Waals surface area (Å²) in [4.78, 5) is 15.3. The van der Waals surface area contributed by atoms with Gasteiger partial charge in [-0.1, -0.05) is 25.1 Å². The van der Waals surface area contributed by atoms with Crippen LogP contribution in [0.3, 0.4) is 0 Å². The zero-order chi connectivity index (χ0) is 13.7. The molecule has 0 saturated heterocycles. The van der Waals surface area contributed by atoms with E-state index in [0.717, 1.165) is 17.0 Å². The average Bonchev–Trinajstić information content (AvgIpc) is 2.90. The number of benzene rings is 1. The Balaban J connectivity index is 2.20. The van der Waals surface area contributed by atoms with Gasteiger partial charge in [0.15, 0.2) is 0 Å². The van der Waals surface area contributed by atoms with Gasteiger partial charge in [0.1, 0.15) is 0 Å². The highest BCUT2D eigenvalue weighted by molar-refractivity contribution is 7.10. The van der Waals surface area contributed by atoms with E-state index in [1.807, 2.05) is 41.8 Å². The molecule has 0 atom stereocenters. The highest BCUT2D eigenvalue weighted by atomic mass is 32.1. The van der Waals surface area contributed by atoms with Crippen LogP contribution in [0.25, 0.3) is 0 Å². The third-order valence-corrected chi connectivity index (χ3v) is 3.76. The number of thiophene rings is 1. The van der Waals surface area contributed by atoms with Gasteiger partial charge in [-0.25, -0.2) is 0 Å². The number of hydrogen-bond acceptors (Lipinski definition) is 3. The number of nitrogens with zero attached hydrogens (tertiary/aromatic N) is 1. The van der Waals surface area contributed by atoms with Crippen LogP contribution in [0, 0.1) is 0 Å². The molecule has 0 unspecified atom stereocenters. The van der Waals surface area contributed by atoms with Gasteiger partial charge in [-0.3, -0.25) is 4.79 Å². The molecule has 0 spiro atoms. The largest absolute Gasteiger partial charge is 0.397 e. The Labute approximate surface area is 117 Å². The Morgan fingerprint density at radius 1 is 1.26 bits per heavy atom. The first-order chi connectivity index (χ1) is 9.22. The second-order valence-corrected chi connectivity index (χ2v) is 5.39. The number of carbonyl (C=O) groups is 1. The fourth-order valence-corrected chi connectivity index (χ4v) is 2.69. The molecule has 2 aromatic rings. The maximum absolute atomic E-state index is 12.4. The van der Waals surface area contributed by atoms with E-state index in [4.69, 9.17) is 5.73 Å². The summed E-state index contributed by atoms with van der Waals surface area (Å²) in [6.07, 6.45) is 1.34. The Morgan fingerprint density at radius 2 is 2.05 bits per heavy atom. The normalized spacial score (nSPS) is 10.4. The first-order valence-corrected chi connectivity index (χ1v) is 7.27. The number of nitrogen functional groups attached to an aromatic ring is 1. The number of amides is 1. The summed E-state index contributed by atoms with van der Waals surface area (Å²) in [6.45, 7) is 2.75. The van der Waals surface area contributed by atoms with Crippen LogP contribution in [0.1, 0.15) is 18.2 Å². The fourth-order valence-electron chi connectivity index (χ4n) is 1.99. The number of para-hydroxylation sites is 2. The van der Waals surface area contributed by atoms with Crippen LogP contribution < -0.4 is 10.6 Å². The highest BCUT2D eigenvalue weighted by Crippen LogP contribution is 2.24. The lowest BCUT2D eigenvalue weighted by Gasteiger charge is -2.23. The zero-order valence-corrected chi connectivity index (χ0v) is 11.8. The lowest BCUT2D eigenvalue weighted by Crippen LogP contribution is -2.33. The van der Waals surface area contributed by atoms with Crippen LogP contribution in [-0.2, 0) is 11.2 Å². The maximum Gasteiger partial charge on any atom is 0.232 e. The summed E-state index contributed by atoms with van der Waals surface area (Å²) in [7, 11) is 0. The molecule has 0 aliphatic rings.